The second-order valence-corrected chi connectivity index (χ2v) is 6.04. The van der Waals surface area contributed by atoms with Crippen molar-refractivity contribution < 1.29 is 4.79 Å². The minimum Gasteiger partial charge on any atom is -0.383 e. The van der Waals surface area contributed by atoms with E-state index in [1.54, 1.807) is 6.92 Å². The van der Waals surface area contributed by atoms with Crippen molar-refractivity contribution in [1.82, 2.24) is 14.9 Å². The van der Waals surface area contributed by atoms with Crippen molar-refractivity contribution in [1.29, 1.82) is 0 Å². The summed E-state index contributed by atoms with van der Waals surface area (Å²) in [5.74, 6) is 3.08. The summed E-state index contributed by atoms with van der Waals surface area (Å²) in [4.78, 5) is 24.9. The van der Waals surface area contributed by atoms with E-state index in [9.17, 15) is 4.79 Å². The summed E-state index contributed by atoms with van der Waals surface area (Å²) in [5.41, 5.74) is 7.02. The standard InChI is InChI=1S/C15H23N5O/c1-10-13(16)17-14(12-4-5-12)18-15(10)20-7-3-6-19(8-9-20)11(2)21/h12H,3-9H2,1-2H3,(H2,16,17,18). The molecule has 1 aromatic heterocycles. The smallest absolute Gasteiger partial charge is 0.219 e. The molecule has 1 saturated heterocycles. The van der Waals surface area contributed by atoms with E-state index in [-0.39, 0.29) is 5.91 Å². The molecule has 114 valence electrons. The highest BCUT2D eigenvalue weighted by Gasteiger charge is 2.29. The number of anilines is 2. The van der Waals surface area contributed by atoms with Gasteiger partial charge < -0.3 is 15.5 Å². The molecular formula is C15H23N5O. The van der Waals surface area contributed by atoms with Crippen molar-refractivity contribution >= 4 is 17.5 Å². The predicted octanol–water partition coefficient (Wildman–Crippen LogP) is 1.30. The summed E-state index contributed by atoms with van der Waals surface area (Å²) in [7, 11) is 0. The first-order valence-electron chi connectivity index (χ1n) is 7.70. The third-order valence-electron chi connectivity index (χ3n) is 4.36. The van der Waals surface area contributed by atoms with E-state index in [1.807, 2.05) is 11.8 Å². The van der Waals surface area contributed by atoms with Crippen LogP contribution in [0.25, 0.3) is 0 Å². The lowest BCUT2D eigenvalue weighted by Gasteiger charge is -2.24. The van der Waals surface area contributed by atoms with Gasteiger partial charge >= 0.3 is 0 Å². The maximum Gasteiger partial charge on any atom is 0.219 e. The van der Waals surface area contributed by atoms with Crippen LogP contribution in [0.3, 0.4) is 0 Å². The van der Waals surface area contributed by atoms with Gasteiger partial charge in [-0.3, -0.25) is 4.79 Å². The first-order valence-corrected chi connectivity index (χ1v) is 7.70. The van der Waals surface area contributed by atoms with E-state index >= 15 is 0 Å². The summed E-state index contributed by atoms with van der Waals surface area (Å²) < 4.78 is 0. The number of hydrogen-bond donors (Lipinski definition) is 1. The maximum atomic E-state index is 11.5. The third kappa shape index (κ3) is 2.94. The van der Waals surface area contributed by atoms with Gasteiger partial charge in [0.1, 0.15) is 17.5 Å². The van der Waals surface area contributed by atoms with Crippen molar-refractivity contribution in [2.75, 3.05) is 36.8 Å². The number of hydrogen-bond acceptors (Lipinski definition) is 5. The Kier molecular flexibility index (Phi) is 3.69. The second-order valence-electron chi connectivity index (χ2n) is 6.04. The Morgan fingerprint density at radius 3 is 2.62 bits per heavy atom. The number of rotatable bonds is 2. The van der Waals surface area contributed by atoms with E-state index in [0.717, 1.165) is 49.8 Å². The Hall–Kier alpha value is -1.85. The second kappa shape index (κ2) is 5.50. The molecule has 2 N–H and O–H groups in total. The van der Waals surface area contributed by atoms with Crippen LogP contribution in [0, 0.1) is 6.92 Å². The van der Waals surface area contributed by atoms with Crippen LogP contribution >= 0.6 is 0 Å². The van der Waals surface area contributed by atoms with Crippen molar-refractivity contribution in [2.24, 2.45) is 0 Å². The van der Waals surface area contributed by atoms with Crippen molar-refractivity contribution in [3.63, 3.8) is 0 Å². The molecule has 6 heteroatoms. The zero-order valence-corrected chi connectivity index (χ0v) is 12.8. The maximum absolute atomic E-state index is 11.5. The summed E-state index contributed by atoms with van der Waals surface area (Å²) in [6.45, 7) is 6.90. The van der Waals surface area contributed by atoms with E-state index < -0.39 is 0 Å². The molecular weight excluding hydrogens is 266 g/mol. The highest BCUT2D eigenvalue weighted by atomic mass is 16.2. The van der Waals surface area contributed by atoms with E-state index in [0.29, 0.717) is 11.7 Å². The molecule has 2 heterocycles. The summed E-state index contributed by atoms with van der Waals surface area (Å²) >= 11 is 0. The third-order valence-corrected chi connectivity index (χ3v) is 4.36. The Morgan fingerprint density at radius 2 is 1.95 bits per heavy atom. The number of nitrogen functional groups attached to an aromatic ring is 1. The van der Waals surface area contributed by atoms with Crippen molar-refractivity contribution in [3.8, 4) is 0 Å². The average Bonchev–Trinajstić information content (AvgIpc) is 3.27. The molecule has 0 atom stereocenters. The Bertz CT molecular complexity index is 555. The van der Waals surface area contributed by atoms with Crippen LogP contribution in [0.5, 0.6) is 0 Å². The molecule has 1 aromatic rings. The number of carbonyl (C=O) groups is 1. The fraction of sp³-hybridized carbons (Fsp3) is 0.667. The molecule has 2 fully saturated rings. The highest BCUT2D eigenvalue weighted by molar-refractivity contribution is 5.73. The molecule has 0 bridgehead atoms. The number of amides is 1. The van der Waals surface area contributed by atoms with Gasteiger partial charge in [0, 0.05) is 44.6 Å². The van der Waals surface area contributed by atoms with Crippen LogP contribution in [0.4, 0.5) is 11.6 Å². The Balaban J connectivity index is 1.84. The topological polar surface area (TPSA) is 75.4 Å². The van der Waals surface area contributed by atoms with Crippen LogP contribution in [-0.4, -0.2) is 47.0 Å². The van der Waals surface area contributed by atoms with Crippen LogP contribution in [-0.2, 0) is 4.79 Å². The SMILES string of the molecule is CC(=O)N1CCCN(c2nc(C3CC3)nc(N)c2C)CC1. The molecule has 0 radical (unpaired) electrons. The quantitative estimate of drug-likeness (QED) is 0.888. The Morgan fingerprint density at radius 1 is 1.19 bits per heavy atom. The van der Waals surface area contributed by atoms with E-state index in [2.05, 4.69) is 9.88 Å². The van der Waals surface area contributed by atoms with Gasteiger partial charge in [0.25, 0.3) is 0 Å². The molecule has 1 saturated carbocycles. The zero-order chi connectivity index (χ0) is 15.0. The van der Waals surface area contributed by atoms with E-state index in [4.69, 9.17) is 10.7 Å². The van der Waals surface area contributed by atoms with Crippen LogP contribution in [0.1, 0.15) is 43.5 Å². The van der Waals surface area contributed by atoms with Gasteiger partial charge in [0.2, 0.25) is 5.91 Å². The lowest BCUT2D eigenvalue weighted by molar-refractivity contribution is -0.128. The predicted molar refractivity (Wildman–Crippen MR) is 82.2 cm³/mol. The lowest BCUT2D eigenvalue weighted by Crippen LogP contribution is -2.34. The van der Waals surface area contributed by atoms with Gasteiger partial charge in [-0.15, -0.1) is 0 Å². The number of nitrogens with two attached hydrogens (primary N) is 1. The molecule has 0 spiro atoms. The van der Waals surface area contributed by atoms with Gasteiger partial charge in [-0.1, -0.05) is 0 Å². The first kappa shape index (κ1) is 14.1. The molecule has 1 aliphatic heterocycles. The van der Waals surface area contributed by atoms with Gasteiger partial charge in [-0.05, 0) is 26.2 Å². The molecule has 1 aliphatic carbocycles. The fourth-order valence-corrected chi connectivity index (χ4v) is 2.82. The van der Waals surface area contributed by atoms with Crippen LogP contribution < -0.4 is 10.6 Å². The monoisotopic (exact) mass is 289 g/mol. The van der Waals surface area contributed by atoms with Crippen molar-refractivity contribution in [3.05, 3.63) is 11.4 Å². The highest BCUT2D eigenvalue weighted by Crippen LogP contribution is 2.39. The van der Waals surface area contributed by atoms with Crippen LogP contribution in [0.15, 0.2) is 0 Å². The molecule has 3 rings (SSSR count). The van der Waals surface area contributed by atoms with Crippen LogP contribution in [0.2, 0.25) is 0 Å². The minimum atomic E-state index is 0.148. The van der Waals surface area contributed by atoms with E-state index in [1.165, 1.54) is 12.8 Å². The average molecular weight is 289 g/mol. The van der Waals surface area contributed by atoms with Gasteiger partial charge in [-0.2, -0.15) is 0 Å². The molecule has 1 amide bonds. The number of nitrogens with zero attached hydrogens (tertiary/aromatic N) is 4. The van der Waals surface area contributed by atoms with Crippen molar-refractivity contribution in [2.45, 2.75) is 39.0 Å². The number of aromatic nitrogens is 2. The molecule has 6 nitrogen and oxygen atoms in total. The molecule has 2 aliphatic rings. The number of carbonyl (C=O) groups excluding carboxylic acids is 1. The van der Waals surface area contributed by atoms with Gasteiger partial charge in [-0.25, -0.2) is 9.97 Å². The molecule has 0 unspecified atom stereocenters. The normalized spacial score (nSPS) is 19.5. The zero-order valence-electron chi connectivity index (χ0n) is 12.8. The fourth-order valence-electron chi connectivity index (χ4n) is 2.82. The largest absolute Gasteiger partial charge is 0.383 e. The lowest BCUT2D eigenvalue weighted by atomic mass is 10.2. The summed E-state index contributed by atoms with van der Waals surface area (Å²) in [6.07, 6.45) is 3.29. The summed E-state index contributed by atoms with van der Waals surface area (Å²) in [6, 6.07) is 0. The molecule has 21 heavy (non-hydrogen) atoms. The summed E-state index contributed by atoms with van der Waals surface area (Å²) in [5, 5.41) is 0. The first-order chi connectivity index (χ1) is 10.1. The Labute approximate surface area is 125 Å². The minimum absolute atomic E-state index is 0.148. The van der Waals surface area contributed by atoms with Gasteiger partial charge in [0.05, 0.1) is 0 Å². The molecule has 0 aromatic carbocycles. The van der Waals surface area contributed by atoms with Gasteiger partial charge in [0.15, 0.2) is 0 Å².